The normalized spacial score (nSPS) is 16.4. The van der Waals surface area contributed by atoms with Gasteiger partial charge in [-0.2, -0.15) is 13.2 Å². The van der Waals surface area contributed by atoms with E-state index in [0.29, 0.717) is 27.6 Å². The second kappa shape index (κ2) is 11.2. The first-order chi connectivity index (χ1) is 11.2. The van der Waals surface area contributed by atoms with Gasteiger partial charge in [0.25, 0.3) is 0 Å². The van der Waals surface area contributed by atoms with Gasteiger partial charge in [0.05, 0.1) is 11.6 Å². The Morgan fingerprint density at radius 3 is 2.31 bits per heavy atom. The molecule has 11 heteroatoms. The lowest BCUT2D eigenvalue weighted by atomic mass is 9.98. The van der Waals surface area contributed by atoms with Crippen LogP contribution in [0.1, 0.15) is 24.4 Å². The van der Waals surface area contributed by atoms with Crippen molar-refractivity contribution in [3.05, 3.63) is 20.6 Å². The summed E-state index contributed by atoms with van der Waals surface area (Å²) in [5, 5.41) is 13.3. The Labute approximate surface area is 179 Å². The van der Waals surface area contributed by atoms with Crippen LogP contribution < -0.4 is 10.1 Å². The van der Waals surface area contributed by atoms with Gasteiger partial charge in [-0.3, -0.25) is 4.90 Å². The minimum absolute atomic E-state index is 0. The van der Waals surface area contributed by atoms with E-state index < -0.39 is 18.6 Å². The lowest BCUT2D eigenvalue weighted by Gasteiger charge is -2.36. The van der Waals surface area contributed by atoms with Gasteiger partial charge in [-0.15, -0.1) is 24.8 Å². The summed E-state index contributed by atoms with van der Waals surface area (Å²) in [5.41, 5.74) is 0.669. The van der Waals surface area contributed by atoms with E-state index in [1.54, 1.807) is 6.07 Å². The number of phenols is 1. The van der Waals surface area contributed by atoms with Crippen molar-refractivity contribution < 1.29 is 23.0 Å². The summed E-state index contributed by atoms with van der Waals surface area (Å²) in [6, 6.07) is 1.18. The summed E-state index contributed by atoms with van der Waals surface area (Å²) in [6.07, 6.45) is -5.13. The number of benzene rings is 1. The fraction of sp³-hybridized carbons (Fsp3) is 0.600. The molecule has 0 aromatic heterocycles. The molecule has 0 aliphatic carbocycles. The average Bonchev–Trinajstić information content (AvgIpc) is 2.54. The molecule has 1 aromatic rings. The van der Waals surface area contributed by atoms with Gasteiger partial charge >= 0.3 is 6.18 Å². The van der Waals surface area contributed by atoms with Crippen molar-refractivity contribution in [1.82, 2.24) is 10.2 Å². The molecule has 1 heterocycles. The molecule has 0 bridgehead atoms. The fourth-order valence-corrected chi connectivity index (χ4v) is 3.83. The molecule has 4 nitrogen and oxygen atoms in total. The highest BCUT2D eigenvalue weighted by molar-refractivity contribution is 9.13. The summed E-state index contributed by atoms with van der Waals surface area (Å²) in [4.78, 5) is 2.03. The van der Waals surface area contributed by atoms with E-state index in [-0.39, 0.29) is 42.7 Å². The molecule has 1 aromatic carbocycles. The van der Waals surface area contributed by atoms with Crippen LogP contribution in [0.5, 0.6) is 11.5 Å². The van der Waals surface area contributed by atoms with Crippen molar-refractivity contribution in [3.8, 4) is 11.5 Å². The zero-order valence-electron chi connectivity index (χ0n) is 13.9. The van der Waals surface area contributed by atoms with Crippen LogP contribution in [0.3, 0.4) is 0 Å². The highest BCUT2D eigenvalue weighted by Crippen LogP contribution is 2.46. The summed E-state index contributed by atoms with van der Waals surface area (Å²) in [7, 11) is 1.41. The highest BCUT2D eigenvalue weighted by atomic mass is 79.9. The van der Waals surface area contributed by atoms with Gasteiger partial charge in [0.15, 0.2) is 11.5 Å². The van der Waals surface area contributed by atoms with Crippen LogP contribution in [0.2, 0.25) is 0 Å². The molecular weight excluding hydrogens is 528 g/mol. The molecular formula is C15H21Br2Cl2F3N2O2. The summed E-state index contributed by atoms with van der Waals surface area (Å²) in [5.74, 6) is 0.148. The third-order valence-electron chi connectivity index (χ3n) is 4.05. The maximum atomic E-state index is 12.8. The fourth-order valence-electron chi connectivity index (χ4n) is 2.84. The van der Waals surface area contributed by atoms with Crippen molar-refractivity contribution in [3.63, 3.8) is 0 Å². The van der Waals surface area contributed by atoms with Crippen LogP contribution >= 0.6 is 56.7 Å². The zero-order valence-corrected chi connectivity index (χ0v) is 18.7. The van der Waals surface area contributed by atoms with Gasteiger partial charge in [0, 0.05) is 43.1 Å². The number of alkyl halides is 3. The first-order valence-corrected chi connectivity index (χ1v) is 9.09. The van der Waals surface area contributed by atoms with Gasteiger partial charge in [-0.25, -0.2) is 0 Å². The highest BCUT2D eigenvalue weighted by Gasteiger charge is 2.33. The van der Waals surface area contributed by atoms with E-state index in [1.807, 2.05) is 4.90 Å². The topological polar surface area (TPSA) is 44.7 Å². The number of nitrogens with one attached hydrogen (secondary N) is 1. The summed E-state index contributed by atoms with van der Waals surface area (Å²) < 4.78 is 44.4. The maximum absolute atomic E-state index is 12.8. The number of phenolic OH excluding ortho intramolecular Hbond substituents is 1. The van der Waals surface area contributed by atoms with Crippen LogP contribution in [0.25, 0.3) is 0 Å². The number of halogens is 7. The van der Waals surface area contributed by atoms with Gasteiger partial charge in [0.1, 0.15) is 0 Å². The van der Waals surface area contributed by atoms with Crippen molar-refractivity contribution >= 4 is 56.7 Å². The number of methoxy groups -OCH3 is 1. The SMILES string of the molecule is COc1cc([C@@H](CCC(F)(F)F)N2CCNCC2)c(Br)c(Br)c1O.Cl.Cl. The van der Waals surface area contributed by atoms with Crippen molar-refractivity contribution in [2.45, 2.75) is 25.1 Å². The minimum Gasteiger partial charge on any atom is -0.503 e. The maximum Gasteiger partial charge on any atom is 0.389 e. The molecule has 0 amide bonds. The molecule has 152 valence electrons. The Morgan fingerprint density at radius 2 is 1.81 bits per heavy atom. The molecule has 0 spiro atoms. The van der Waals surface area contributed by atoms with E-state index in [0.717, 1.165) is 13.1 Å². The number of hydrogen-bond donors (Lipinski definition) is 2. The second-order valence-corrected chi connectivity index (χ2v) is 7.19. The third kappa shape index (κ3) is 6.60. The monoisotopic (exact) mass is 546 g/mol. The number of nitrogens with zero attached hydrogens (tertiary/aromatic N) is 1. The smallest absolute Gasteiger partial charge is 0.389 e. The first-order valence-electron chi connectivity index (χ1n) is 7.51. The molecule has 0 unspecified atom stereocenters. The van der Waals surface area contributed by atoms with Crippen LogP contribution in [0, 0.1) is 0 Å². The average molecular weight is 549 g/mol. The zero-order chi connectivity index (χ0) is 17.9. The molecule has 1 aliphatic rings. The lowest BCUT2D eigenvalue weighted by Crippen LogP contribution is -2.45. The van der Waals surface area contributed by atoms with Gasteiger partial charge in [-0.05, 0) is 49.9 Å². The predicted molar refractivity (Wildman–Crippen MR) is 107 cm³/mol. The molecule has 1 atom stereocenters. The van der Waals surface area contributed by atoms with E-state index >= 15 is 0 Å². The molecule has 1 aliphatic heterocycles. The largest absolute Gasteiger partial charge is 0.503 e. The third-order valence-corrected chi connectivity index (χ3v) is 6.21. The molecule has 0 radical (unpaired) electrons. The van der Waals surface area contributed by atoms with Crippen LogP contribution in [0.15, 0.2) is 15.0 Å². The lowest BCUT2D eigenvalue weighted by molar-refractivity contribution is -0.138. The van der Waals surface area contributed by atoms with Gasteiger partial charge in [-0.1, -0.05) is 0 Å². The number of piperazine rings is 1. The number of aromatic hydroxyl groups is 1. The molecule has 1 saturated heterocycles. The van der Waals surface area contributed by atoms with Gasteiger partial charge in [0.2, 0.25) is 0 Å². The van der Waals surface area contributed by atoms with Gasteiger partial charge < -0.3 is 15.2 Å². The van der Waals surface area contributed by atoms with E-state index in [9.17, 15) is 18.3 Å². The molecule has 26 heavy (non-hydrogen) atoms. The molecule has 1 fully saturated rings. The summed E-state index contributed by atoms with van der Waals surface area (Å²) >= 11 is 6.67. The number of hydrogen-bond acceptors (Lipinski definition) is 4. The number of ether oxygens (including phenoxy) is 1. The molecule has 0 saturated carbocycles. The minimum atomic E-state index is -4.21. The van der Waals surface area contributed by atoms with Crippen molar-refractivity contribution in [1.29, 1.82) is 0 Å². The van der Waals surface area contributed by atoms with Crippen LogP contribution in [0.4, 0.5) is 13.2 Å². The second-order valence-electron chi connectivity index (χ2n) is 5.60. The Hall–Kier alpha value is 0.0700. The molecule has 2 N–H and O–H groups in total. The van der Waals surface area contributed by atoms with E-state index in [1.165, 1.54) is 7.11 Å². The Kier molecular flexibility index (Phi) is 11.2. The first kappa shape index (κ1) is 26.1. The Bertz CT molecular complexity index is 589. The molecule has 2 rings (SSSR count). The quantitative estimate of drug-likeness (QED) is 0.540. The predicted octanol–water partition coefficient (Wildman–Crippen LogP) is 5.06. The Morgan fingerprint density at radius 1 is 1.23 bits per heavy atom. The summed E-state index contributed by atoms with van der Waals surface area (Å²) in [6.45, 7) is 2.79. The van der Waals surface area contributed by atoms with Crippen molar-refractivity contribution in [2.24, 2.45) is 0 Å². The Balaban J connectivity index is 0.00000312. The van der Waals surface area contributed by atoms with Crippen LogP contribution in [-0.2, 0) is 0 Å². The van der Waals surface area contributed by atoms with E-state index in [2.05, 4.69) is 37.2 Å². The standard InChI is InChI=1S/C15H19Br2F3N2O2.2ClH/c1-24-11-8-9(12(16)13(17)14(11)23)10(2-3-15(18,19)20)22-6-4-21-5-7-22;;/h8,10,21,23H,2-7H2,1H3;2*1H/t10-;;/m1../s1. The number of rotatable bonds is 5. The van der Waals surface area contributed by atoms with Crippen molar-refractivity contribution in [2.75, 3.05) is 33.3 Å². The van der Waals surface area contributed by atoms with Crippen LogP contribution in [-0.4, -0.2) is 49.5 Å². The van der Waals surface area contributed by atoms with E-state index in [4.69, 9.17) is 4.74 Å².